The van der Waals surface area contributed by atoms with Gasteiger partial charge in [-0.25, -0.2) is 0 Å². The lowest BCUT2D eigenvalue weighted by atomic mass is 10.1. The molecular formula is C20H27N5O2. The number of methoxy groups -OCH3 is 1. The zero-order chi connectivity index (χ0) is 18.6. The Morgan fingerprint density at radius 2 is 2.07 bits per heavy atom. The van der Waals surface area contributed by atoms with E-state index >= 15 is 0 Å². The second kappa shape index (κ2) is 8.00. The van der Waals surface area contributed by atoms with E-state index in [0.29, 0.717) is 24.8 Å². The molecule has 7 nitrogen and oxygen atoms in total. The Hall–Kier alpha value is -2.54. The number of rotatable bonds is 4. The lowest BCUT2D eigenvalue weighted by molar-refractivity contribution is 0.0739. The Balaban J connectivity index is 1.36. The van der Waals surface area contributed by atoms with Crippen LogP contribution in [0.15, 0.2) is 36.5 Å². The first-order valence-electron chi connectivity index (χ1n) is 9.69. The molecule has 0 aliphatic carbocycles. The number of piperidine rings is 1. The first-order chi connectivity index (χ1) is 13.2. The quantitative estimate of drug-likeness (QED) is 0.890. The van der Waals surface area contributed by atoms with Crippen molar-refractivity contribution < 1.29 is 9.53 Å². The van der Waals surface area contributed by atoms with E-state index in [0.717, 1.165) is 50.5 Å². The van der Waals surface area contributed by atoms with Gasteiger partial charge in [0.2, 0.25) is 0 Å². The number of anilines is 1. The predicted molar refractivity (Wildman–Crippen MR) is 104 cm³/mol. The maximum absolute atomic E-state index is 12.8. The van der Waals surface area contributed by atoms with E-state index in [1.54, 1.807) is 7.11 Å². The zero-order valence-corrected chi connectivity index (χ0v) is 15.8. The molecule has 3 heterocycles. The fraction of sp³-hybridized carbons (Fsp3) is 0.500. The van der Waals surface area contributed by atoms with Crippen LogP contribution < -0.4 is 15.0 Å². The highest BCUT2D eigenvalue weighted by Gasteiger charge is 2.25. The summed E-state index contributed by atoms with van der Waals surface area (Å²) in [6.45, 7) is 5.02. The molecular weight excluding hydrogens is 342 g/mol. The van der Waals surface area contributed by atoms with Crippen molar-refractivity contribution in [2.45, 2.75) is 18.9 Å². The van der Waals surface area contributed by atoms with Crippen molar-refractivity contribution in [1.82, 2.24) is 20.0 Å². The van der Waals surface area contributed by atoms with Gasteiger partial charge in [-0.2, -0.15) is 5.10 Å². The molecule has 2 aliphatic rings. The minimum absolute atomic E-state index is 0.0304. The van der Waals surface area contributed by atoms with Crippen LogP contribution in [0.1, 0.15) is 29.4 Å². The molecule has 144 valence electrons. The van der Waals surface area contributed by atoms with E-state index in [-0.39, 0.29) is 5.91 Å². The lowest BCUT2D eigenvalue weighted by Gasteiger charge is -2.36. The standard InChI is InChI=1S/C20H27N5O2/c1-27-18-6-2-4-16(14-18)23-10-12-24(13-11-23)20(26)19-7-9-25(22-19)17-5-3-8-21-15-17/h2,4,6-7,9,14,17,21H,3,5,8,10-13,15H2,1H3. The Morgan fingerprint density at radius 1 is 1.22 bits per heavy atom. The van der Waals surface area contributed by atoms with Crippen LogP contribution in [0.4, 0.5) is 5.69 Å². The van der Waals surface area contributed by atoms with Crippen LogP contribution in [0.25, 0.3) is 0 Å². The lowest BCUT2D eigenvalue weighted by Crippen LogP contribution is -2.49. The Labute approximate surface area is 159 Å². The first kappa shape index (κ1) is 17.9. The third-order valence-electron chi connectivity index (χ3n) is 5.46. The van der Waals surface area contributed by atoms with Crippen molar-refractivity contribution in [3.8, 4) is 5.75 Å². The number of nitrogens with zero attached hydrogens (tertiary/aromatic N) is 4. The third-order valence-corrected chi connectivity index (χ3v) is 5.46. The van der Waals surface area contributed by atoms with Crippen molar-refractivity contribution in [2.75, 3.05) is 51.3 Å². The number of piperazine rings is 1. The second-order valence-corrected chi connectivity index (χ2v) is 7.16. The number of ether oxygens (including phenoxy) is 1. The van der Waals surface area contributed by atoms with Crippen molar-refractivity contribution in [2.24, 2.45) is 0 Å². The maximum atomic E-state index is 12.8. The highest BCUT2D eigenvalue weighted by molar-refractivity contribution is 5.92. The molecule has 2 aromatic rings. The predicted octanol–water partition coefficient (Wildman–Crippen LogP) is 1.78. The van der Waals surface area contributed by atoms with Gasteiger partial charge in [-0.1, -0.05) is 6.07 Å². The van der Waals surface area contributed by atoms with E-state index in [9.17, 15) is 4.79 Å². The summed E-state index contributed by atoms with van der Waals surface area (Å²) in [6, 6.07) is 10.3. The van der Waals surface area contributed by atoms with Gasteiger partial charge in [0, 0.05) is 50.7 Å². The van der Waals surface area contributed by atoms with Gasteiger partial charge < -0.3 is 19.9 Å². The highest BCUT2D eigenvalue weighted by atomic mass is 16.5. The summed E-state index contributed by atoms with van der Waals surface area (Å²) in [5, 5.41) is 7.96. The monoisotopic (exact) mass is 369 g/mol. The molecule has 1 N–H and O–H groups in total. The van der Waals surface area contributed by atoms with Crippen LogP contribution in [-0.2, 0) is 0 Å². The number of benzene rings is 1. The first-order valence-corrected chi connectivity index (χ1v) is 9.69. The van der Waals surface area contributed by atoms with Crippen LogP contribution in [0.2, 0.25) is 0 Å². The van der Waals surface area contributed by atoms with Crippen molar-refractivity contribution in [3.05, 3.63) is 42.2 Å². The molecule has 7 heteroatoms. The summed E-state index contributed by atoms with van der Waals surface area (Å²) in [5.74, 6) is 0.886. The van der Waals surface area contributed by atoms with Gasteiger partial charge in [-0.15, -0.1) is 0 Å². The Kier molecular flexibility index (Phi) is 5.29. The Morgan fingerprint density at radius 3 is 2.81 bits per heavy atom. The largest absolute Gasteiger partial charge is 0.497 e. The van der Waals surface area contributed by atoms with E-state index in [1.807, 2.05) is 40.0 Å². The van der Waals surface area contributed by atoms with Crippen molar-refractivity contribution in [3.63, 3.8) is 0 Å². The molecule has 1 aromatic heterocycles. The van der Waals surface area contributed by atoms with Gasteiger partial charge in [0.1, 0.15) is 11.4 Å². The second-order valence-electron chi connectivity index (χ2n) is 7.16. The summed E-state index contributed by atoms with van der Waals surface area (Å²) >= 11 is 0. The number of hydrogen-bond donors (Lipinski definition) is 1. The number of nitrogens with one attached hydrogen (secondary N) is 1. The average molecular weight is 369 g/mol. The van der Waals surface area contributed by atoms with Crippen LogP contribution in [0.3, 0.4) is 0 Å². The molecule has 27 heavy (non-hydrogen) atoms. The summed E-state index contributed by atoms with van der Waals surface area (Å²) in [7, 11) is 1.68. The van der Waals surface area contributed by atoms with Crippen LogP contribution >= 0.6 is 0 Å². The molecule has 2 saturated heterocycles. The molecule has 1 amide bonds. The fourth-order valence-electron chi connectivity index (χ4n) is 3.85. The number of aromatic nitrogens is 2. The number of amides is 1. The smallest absolute Gasteiger partial charge is 0.274 e. The normalized spacial score (nSPS) is 20.6. The topological polar surface area (TPSA) is 62.6 Å². The van der Waals surface area contributed by atoms with Crippen molar-refractivity contribution >= 4 is 11.6 Å². The third kappa shape index (κ3) is 3.93. The van der Waals surface area contributed by atoms with Gasteiger partial charge in [-0.3, -0.25) is 9.48 Å². The average Bonchev–Trinajstić information content (AvgIpc) is 3.24. The minimum Gasteiger partial charge on any atom is -0.497 e. The molecule has 0 spiro atoms. The number of carbonyl (C=O) groups is 1. The number of hydrogen-bond acceptors (Lipinski definition) is 5. The SMILES string of the molecule is COc1cccc(N2CCN(C(=O)c3ccn(C4CCCNC4)n3)CC2)c1. The van der Waals surface area contributed by atoms with Crippen LogP contribution in [0, 0.1) is 0 Å². The number of carbonyl (C=O) groups excluding carboxylic acids is 1. The van der Waals surface area contributed by atoms with E-state index in [1.165, 1.54) is 0 Å². The van der Waals surface area contributed by atoms with Crippen molar-refractivity contribution in [1.29, 1.82) is 0 Å². The summed E-state index contributed by atoms with van der Waals surface area (Å²) < 4.78 is 7.26. The van der Waals surface area contributed by atoms with Gasteiger partial charge >= 0.3 is 0 Å². The van der Waals surface area contributed by atoms with Crippen LogP contribution in [0.5, 0.6) is 5.75 Å². The van der Waals surface area contributed by atoms with Gasteiger partial charge in [0.05, 0.1) is 13.2 Å². The van der Waals surface area contributed by atoms with Gasteiger partial charge in [0.25, 0.3) is 5.91 Å². The summed E-state index contributed by atoms with van der Waals surface area (Å²) in [4.78, 5) is 17.0. The maximum Gasteiger partial charge on any atom is 0.274 e. The molecule has 0 saturated carbocycles. The zero-order valence-electron chi connectivity index (χ0n) is 15.8. The van der Waals surface area contributed by atoms with E-state index in [4.69, 9.17) is 4.74 Å². The highest BCUT2D eigenvalue weighted by Crippen LogP contribution is 2.22. The van der Waals surface area contributed by atoms with Gasteiger partial charge in [0.15, 0.2) is 0 Å². The molecule has 1 aromatic carbocycles. The summed E-state index contributed by atoms with van der Waals surface area (Å²) in [6.07, 6.45) is 4.21. The molecule has 1 atom stereocenters. The Bertz CT molecular complexity index is 776. The molecule has 2 fully saturated rings. The van der Waals surface area contributed by atoms with E-state index in [2.05, 4.69) is 21.4 Å². The van der Waals surface area contributed by atoms with Crippen LogP contribution in [-0.4, -0.2) is 67.0 Å². The molecule has 0 bridgehead atoms. The minimum atomic E-state index is 0.0304. The summed E-state index contributed by atoms with van der Waals surface area (Å²) in [5.41, 5.74) is 1.69. The van der Waals surface area contributed by atoms with Gasteiger partial charge in [-0.05, 0) is 37.6 Å². The molecule has 2 aliphatic heterocycles. The molecule has 0 radical (unpaired) electrons. The fourth-order valence-corrected chi connectivity index (χ4v) is 3.85. The molecule has 1 unspecified atom stereocenters. The van der Waals surface area contributed by atoms with E-state index < -0.39 is 0 Å². The molecule has 4 rings (SSSR count).